The largest absolute Gasteiger partial charge is 0.444 e. The number of aryl methyl sites for hydroxylation is 1. The average Bonchev–Trinajstić information content (AvgIpc) is 3.77. The zero-order chi connectivity index (χ0) is 35.6. The number of fused-ring (bicyclic) bond motifs is 1. The van der Waals surface area contributed by atoms with Crippen LogP contribution in [0.4, 0.5) is 19.3 Å². The first-order valence-corrected chi connectivity index (χ1v) is 17.6. The van der Waals surface area contributed by atoms with Crippen LogP contribution in [0.25, 0.3) is 10.9 Å². The molecule has 14 heteroatoms. The predicted molar refractivity (Wildman–Crippen MR) is 184 cm³/mol. The summed E-state index contributed by atoms with van der Waals surface area (Å²) in [4.78, 5) is 14.7. The number of halogens is 2. The number of ether oxygens (including phenoxy) is 2. The Labute approximate surface area is 291 Å². The lowest BCUT2D eigenvalue weighted by molar-refractivity contribution is -0.0297. The Balaban J connectivity index is 0.967. The maximum atomic E-state index is 13.7. The number of nitrogens with one attached hydrogen (secondary N) is 2. The molecule has 3 aliphatic rings. The lowest BCUT2D eigenvalue weighted by Crippen LogP contribution is -2.48. The van der Waals surface area contributed by atoms with Crippen molar-refractivity contribution < 1.29 is 33.3 Å². The second-order valence-corrected chi connectivity index (χ2v) is 14.8. The van der Waals surface area contributed by atoms with Crippen LogP contribution < -0.4 is 10.6 Å². The van der Waals surface area contributed by atoms with Gasteiger partial charge in [0.1, 0.15) is 24.7 Å². The molecule has 1 saturated carbocycles. The van der Waals surface area contributed by atoms with Crippen molar-refractivity contribution >= 4 is 22.7 Å². The van der Waals surface area contributed by atoms with Gasteiger partial charge in [0.15, 0.2) is 5.69 Å². The summed E-state index contributed by atoms with van der Waals surface area (Å²) in [5.74, 6) is 6.98. The summed E-state index contributed by atoms with van der Waals surface area (Å²) in [6, 6.07) is 5.63. The molecule has 3 aromatic rings. The molecule has 0 radical (unpaired) electrons. The van der Waals surface area contributed by atoms with Crippen molar-refractivity contribution in [2.75, 3.05) is 31.6 Å². The van der Waals surface area contributed by atoms with E-state index >= 15 is 0 Å². The first-order chi connectivity index (χ1) is 23.8. The highest BCUT2D eigenvalue weighted by Crippen LogP contribution is 2.36. The van der Waals surface area contributed by atoms with Crippen LogP contribution >= 0.6 is 0 Å². The molecular weight excluding hydrogens is 648 g/mol. The number of hydrogen-bond acceptors (Lipinski definition) is 9. The van der Waals surface area contributed by atoms with E-state index in [1.807, 2.05) is 29.8 Å². The topological polar surface area (TPSA) is 139 Å². The summed E-state index contributed by atoms with van der Waals surface area (Å²) < 4.78 is 42.3. The Bertz CT molecular complexity index is 1700. The van der Waals surface area contributed by atoms with Gasteiger partial charge in [-0.15, -0.1) is 0 Å². The van der Waals surface area contributed by atoms with Gasteiger partial charge in [-0.3, -0.25) is 20.0 Å². The number of carbonyl (C=O) groups is 1. The van der Waals surface area contributed by atoms with E-state index in [9.17, 15) is 23.8 Å². The summed E-state index contributed by atoms with van der Waals surface area (Å²) >= 11 is 0. The van der Waals surface area contributed by atoms with E-state index in [4.69, 9.17) is 14.6 Å². The number of nitrogens with zero attached hydrogens (tertiary/aromatic N) is 5. The molecule has 1 aliphatic carbocycles. The van der Waals surface area contributed by atoms with E-state index < -0.39 is 36.3 Å². The SMILES string of the molecule is Cc1nn([C@@H]2CC[C@@H](O)N[C@@H]2O)c2cccc(C#CCO[C@@H]3CCN(CC4CCC(n5cc(NC(=O)OC(C)(C)C)c(C(F)F)n5)CC4)C3)c12. The van der Waals surface area contributed by atoms with E-state index in [-0.39, 0.29) is 23.9 Å². The summed E-state index contributed by atoms with van der Waals surface area (Å²) in [6.07, 6.45) is 2.12. The number of rotatable bonds is 8. The van der Waals surface area contributed by atoms with Gasteiger partial charge >= 0.3 is 6.09 Å². The van der Waals surface area contributed by atoms with Gasteiger partial charge in [-0.2, -0.15) is 10.2 Å². The van der Waals surface area contributed by atoms with Crippen LogP contribution in [-0.4, -0.2) is 91.2 Å². The third-order valence-electron chi connectivity index (χ3n) is 9.84. The predicted octanol–water partition coefficient (Wildman–Crippen LogP) is 5.26. The molecular formula is C36H49F2N7O5. The number of carbonyl (C=O) groups excluding carboxylic acids is 1. The van der Waals surface area contributed by atoms with Gasteiger partial charge in [-0.05, 0) is 90.7 Å². The standard InChI is InChI=1S/C36H49F2N7O5/c1-22-31-24(7-5-9-28(31)45(41-22)29-14-15-30(46)40-34(29)47)8-6-18-49-26-16-17-43(20-26)19-23-10-12-25(13-11-23)44-21-27(32(42-44)33(37)38)39-35(48)50-36(2,3)4/h5,7,9,21,23,25-26,29-30,33-34,40,46-47H,10-20H2,1-4H3,(H,39,48)/t23?,25?,26-,29-,30-,34-/m1/s1. The van der Waals surface area contributed by atoms with Gasteiger partial charge in [0.2, 0.25) is 0 Å². The molecule has 2 aliphatic heterocycles. The maximum Gasteiger partial charge on any atom is 0.412 e. The molecule has 2 saturated heterocycles. The lowest BCUT2D eigenvalue weighted by atomic mass is 9.86. The van der Waals surface area contributed by atoms with Crippen molar-refractivity contribution in [1.82, 2.24) is 29.8 Å². The Morgan fingerprint density at radius 2 is 1.90 bits per heavy atom. The molecule has 4 atom stereocenters. The molecule has 1 amide bonds. The van der Waals surface area contributed by atoms with E-state index in [0.29, 0.717) is 25.4 Å². The number of aliphatic hydroxyl groups is 2. The van der Waals surface area contributed by atoms with Crippen molar-refractivity contribution in [3.63, 3.8) is 0 Å². The number of anilines is 1. The summed E-state index contributed by atoms with van der Waals surface area (Å²) in [6.45, 7) is 10.2. The van der Waals surface area contributed by atoms with Crippen LogP contribution in [0, 0.1) is 24.7 Å². The van der Waals surface area contributed by atoms with E-state index in [1.54, 1.807) is 25.5 Å². The van der Waals surface area contributed by atoms with Gasteiger partial charge in [-0.25, -0.2) is 13.6 Å². The van der Waals surface area contributed by atoms with Crippen LogP contribution in [0.15, 0.2) is 24.4 Å². The molecule has 0 unspecified atom stereocenters. The lowest BCUT2D eigenvalue weighted by Gasteiger charge is -2.32. The Kier molecular flexibility index (Phi) is 11.1. The summed E-state index contributed by atoms with van der Waals surface area (Å²) in [5, 5.41) is 35.4. The molecule has 0 spiro atoms. The Morgan fingerprint density at radius 3 is 2.62 bits per heavy atom. The molecule has 2 aromatic heterocycles. The van der Waals surface area contributed by atoms with Crippen molar-refractivity contribution in [2.24, 2.45) is 5.92 Å². The fourth-order valence-corrected chi connectivity index (χ4v) is 7.48. The van der Waals surface area contributed by atoms with Crippen molar-refractivity contribution in [1.29, 1.82) is 0 Å². The van der Waals surface area contributed by atoms with Gasteiger partial charge in [0, 0.05) is 36.8 Å². The van der Waals surface area contributed by atoms with Gasteiger partial charge in [0.25, 0.3) is 6.43 Å². The minimum absolute atomic E-state index is 0.0000292. The van der Waals surface area contributed by atoms with Crippen molar-refractivity contribution in [3.05, 3.63) is 41.3 Å². The maximum absolute atomic E-state index is 13.7. The normalized spacial score (nSPS) is 26.3. The Morgan fingerprint density at radius 1 is 1.12 bits per heavy atom. The van der Waals surface area contributed by atoms with Crippen LogP contribution in [0.2, 0.25) is 0 Å². The number of aromatic nitrogens is 4. The second kappa shape index (κ2) is 15.3. The molecule has 4 N–H and O–H groups in total. The smallest absolute Gasteiger partial charge is 0.412 e. The highest BCUT2D eigenvalue weighted by atomic mass is 19.3. The highest BCUT2D eigenvalue weighted by Gasteiger charge is 2.32. The number of benzene rings is 1. The number of aliphatic hydroxyl groups excluding tert-OH is 2. The van der Waals surface area contributed by atoms with E-state index in [2.05, 4.69) is 32.5 Å². The van der Waals surface area contributed by atoms with Crippen LogP contribution in [-0.2, 0) is 9.47 Å². The van der Waals surface area contributed by atoms with Crippen LogP contribution in [0.1, 0.15) is 101 Å². The average molecular weight is 698 g/mol. The third kappa shape index (κ3) is 8.63. The Hall–Kier alpha value is -3.61. The molecule has 0 bridgehead atoms. The molecule has 272 valence electrons. The molecule has 1 aromatic carbocycles. The molecule has 6 rings (SSSR count). The number of piperidine rings is 1. The third-order valence-corrected chi connectivity index (χ3v) is 9.84. The molecule has 50 heavy (non-hydrogen) atoms. The summed E-state index contributed by atoms with van der Waals surface area (Å²) in [7, 11) is 0. The first-order valence-electron chi connectivity index (χ1n) is 17.6. The van der Waals surface area contributed by atoms with Gasteiger partial charge in [0.05, 0.1) is 35.1 Å². The van der Waals surface area contributed by atoms with E-state index in [0.717, 1.165) is 73.9 Å². The first kappa shape index (κ1) is 36.2. The molecule has 12 nitrogen and oxygen atoms in total. The zero-order valence-electron chi connectivity index (χ0n) is 29.2. The number of alkyl halides is 2. The zero-order valence-corrected chi connectivity index (χ0v) is 29.2. The number of likely N-dealkylation sites (tertiary alicyclic amines) is 1. The quantitative estimate of drug-likeness (QED) is 0.232. The van der Waals surface area contributed by atoms with Crippen LogP contribution in [0.3, 0.4) is 0 Å². The van der Waals surface area contributed by atoms with Crippen LogP contribution in [0.5, 0.6) is 0 Å². The van der Waals surface area contributed by atoms with Gasteiger partial charge in [-0.1, -0.05) is 17.9 Å². The minimum Gasteiger partial charge on any atom is -0.444 e. The summed E-state index contributed by atoms with van der Waals surface area (Å²) in [5.41, 5.74) is 1.42. The van der Waals surface area contributed by atoms with E-state index in [1.165, 1.54) is 6.20 Å². The molecule has 4 heterocycles. The number of amides is 1. The highest BCUT2D eigenvalue weighted by molar-refractivity contribution is 5.88. The second-order valence-electron chi connectivity index (χ2n) is 14.8. The number of hydrogen-bond donors (Lipinski definition) is 4. The fraction of sp³-hybridized carbons (Fsp3) is 0.639. The monoisotopic (exact) mass is 697 g/mol. The van der Waals surface area contributed by atoms with Crippen molar-refractivity contribution in [3.8, 4) is 11.8 Å². The molecule has 3 fully saturated rings. The van der Waals surface area contributed by atoms with Gasteiger partial charge < -0.3 is 24.6 Å². The van der Waals surface area contributed by atoms with Crippen molar-refractivity contribution in [2.45, 2.75) is 115 Å². The fourth-order valence-electron chi connectivity index (χ4n) is 7.48. The minimum atomic E-state index is -2.81.